The van der Waals surface area contributed by atoms with E-state index in [1.165, 1.54) is 0 Å². The SMILES string of the molecule is NCC(F)c1ccc(N)cc1. The molecule has 11 heavy (non-hydrogen) atoms. The standard InChI is InChI=1S/C8H11FN2/c9-8(5-10)6-1-3-7(11)4-2-6/h1-4,8H,5,10-11H2. The van der Waals surface area contributed by atoms with E-state index in [9.17, 15) is 4.39 Å². The Balaban J connectivity index is 2.81. The summed E-state index contributed by atoms with van der Waals surface area (Å²) in [5, 5.41) is 0. The van der Waals surface area contributed by atoms with Gasteiger partial charge in [-0.1, -0.05) is 12.1 Å². The zero-order chi connectivity index (χ0) is 8.27. The summed E-state index contributed by atoms with van der Waals surface area (Å²) in [6, 6.07) is 6.62. The van der Waals surface area contributed by atoms with Gasteiger partial charge in [-0.2, -0.15) is 0 Å². The average Bonchev–Trinajstić information content (AvgIpc) is 2.05. The molecule has 1 unspecified atom stereocenters. The van der Waals surface area contributed by atoms with Crippen molar-refractivity contribution in [1.82, 2.24) is 0 Å². The van der Waals surface area contributed by atoms with Gasteiger partial charge in [0.15, 0.2) is 0 Å². The zero-order valence-corrected chi connectivity index (χ0v) is 6.13. The largest absolute Gasteiger partial charge is 0.399 e. The predicted molar refractivity (Wildman–Crippen MR) is 43.8 cm³/mol. The molecular formula is C8H11FN2. The van der Waals surface area contributed by atoms with E-state index in [-0.39, 0.29) is 6.54 Å². The summed E-state index contributed by atoms with van der Waals surface area (Å²) in [6.45, 7) is 0.0178. The van der Waals surface area contributed by atoms with E-state index in [1.807, 2.05) is 0 Å². The number of anilines is 1. The quantitative estimate of drug-likeness (QED) is 0.629. The monoisotopic (exact) mass is 154 g/mol. The summed E-state index contributed by atoms with van der Waals surface area (Å²) < 4.78 is 12.8. The Morgan fingerprint density at radius 2 is 1.82 bits per heavy atom. The van der Waals surface area contributed by atoms with E-state index in [2.05, 4.69) is 0 Å². The Bertz CT molecular complexity index is 220. The van der Waals surface area contributed by atoms with Crippen molar-refractivity contribution >= 4 is 5.69 Å². The van der Waals surface area contributed by atoms with Crippen LogP contribution in [0.2, 0.25) is 0 Å². The predicted octanol–water partition coefficient (Wildman–Crippen LogP) is 1.24. The van der Waals surface area contributed by atoms with Gasteiger partial charge in [0, 0.05) is 12.2 Å². The van der Waals surface area contributed by atoms with E-state index >= 15 is 0 Å². The van der Waals surface area contributed by atoms with Gasteiger partial charge in [0.25, 0.3) is 0 Å². The van der Waals surface area contributed by atoms with Crippen LogP contribution in [0.25, 0.3) is 0 Å². The van der Waals surface area contributed by atoms with Crippen molar-refractivity contribution < 1.29 is 4.39 Å². The number of benzene rings is 1. The normalized spacial score (nSPS) is 12.9. The minimum Gasteiger partial charge on any atom is -0.399 e. The molecule has 1 aromatic rings. The fraction of sp³-hybridized carbons (Fsp3) is 0.250. The number of alkyl halides is 1. The van der Waals surface area contributed by atoms with E-state index in [4.69, 9.17) is 11.5 Å². The second-order valence-electron chi connectivity index (χ2n) is 2.37. The van der Waals surface area contributed by atoms with Crippen molar-refractivity contribution in [3.05, 3.63) is 29.8 Å². The first-order chi connectivity index (χ1) is 5.24. The molecule has 0 aliphatic carbocycles. The van der Waals surface area contributed by atoms with Crippen LogP contribution in [-0.2, 0) is 0 Å². The molecule has 0 saturated heterocycles. The molecule has 3 heteroatoms. The number of nitrogens with two attached hydrogens (primary N) is 2. The fourth-order valence-electron chi connectivity index (χ4n) is 0.841. The van der Waals surface area contributed by atoms with Crippen molar-refractivity contribution in [3.8, 4) is 0 Å². The Morgan fingerprint density at radius 3 is 2.27 bits per heavy atom. The van der Waals surface area contributed by atoms with Gasteiger partial charge in [-0.05, 0) is 17.7 Å². The molecule has 0 fully saturated rings. The summed E-state index contributed by atoms with van der Waals surface area (Å²) in [5.74, 6) is 0. The lowest BCUT2D eigenvalue weighted by atomic mass is 10.1. The summed E-state index contributed by atoms with van der Waals surface area (Å²) in [7, 11) is 0. The highest BCUT2D eigenvalue weighted by atomic mass is 19.1. The Morgan fingerprint density at radius 1 is 1.27 bits per heavy atom. The second-order valence-corrected chi connectivity index (χ2v) is 2.37. The molecule has 1 atom stereocenters. The van der Waals surface area contributed by atoms with E-state index in [1.54, 1.807) is 24.3 Å². The molecule has 60 valence electrons. The molecular weight excluding hydrogens is 143 g/mol. The lowest BCUT2D eigenvalue weighted by molar-refractivity contribution is 0.353. The van der Waals surface area contributed by atoms with Crippen LogP contribution >= 0.6 is 0 Å². The summed E-state index contributed by atoms with van der Waals surface area (Å²) in [5.41, 5.74) is 11.8. The van der Waals surface area contributed by atoms with Gasteiger partial charge < -0.3 is 11.5 Å². The van der Waals surface area contributed by atoms with Gasteiger partial charge in [-0.15, -0.1) is 0 Å². The maximum atomic E-state index is 12.8. The van der Waals surface area contributed by atoms with Gasteiger partial charge in [0.2, 0.25) is 0 Å². The van der Waals surface area contributed by atoms with Crippen LogP contribution in [0.1, 0.15) is 11.7 Å². The highest BCUT2D eigenvalue weighted by Gasteiger charge is 2.05. The third kappa shape index (κ3) is 1.91. The number of hydrogen-bond acceptors (Lipinski definition) is 2. The highest BCUT2D eigenvalue weighted by Crippen LogP contribution is 2.16. The van der Waals surface area contributed by atoms with Crippen LogP contribution in [-0.4, -0.2) is 6.54 Å². The number of hydrogen-bond donors (Lipinski definition) is 2. The second kappa shape index (κ2) is 3.34. The molecule has 1 rings (SSSR count). The Kier molecular flexibility index (Phi) is 2.44. The van der Waals surface area contributed by atoms with Crippen molar-refractivity contribution in [2.75, 3.05) is 12.3 Å². The van der Waals surface area contributed by atoms with E-state index in [0.717, 1.165) is 0 Å². The van der Waals surface area contributed by atoms with Gasteiger partial charge >= 0.3 is 0 Å². The average molecular weight is 154 g/mol. The number of halogens is 1. The first-order valence-electron chi connectivity index (χ1n) is 3.43. The van der Waals surface area contributed by atoms with Gasteiger partial charge in [-0.25, -0.2) is 4.39 Å². The van der Waals surface area contributed by atoms with Crippen LogP contribution in [0.3, 0.4) is 0 Å². The third-order valence-electron chi connectivity index (χ3n) is 1.51. The highest BCUT2D eigenvalue weighted by molar-refractivity contribution is 5.39. The molecule has 0 amide bonds. The summed E-state index contributed by atoms with van der Waals surface area (Å²) in [4.78, 5) is 0. The zero-order valence-electron chi connectivity index (χ0n) is 6.13. The molecule has 0 aliphatic heterocycles. The molecule has 2 nitrogen and oxygen atoms in total. The fourth-order valence-corrected chi connectivity index (χ4v) is 0.841. The topological polar surface area (TPSA) is 52.0 Å². The number of rotatable bonds is 2. The van der Waals surface area contributed by atoms with Crippen LogP contribution in [0.5, 0.6) is 0 Å². The van der Waals surface area contributed by atoms with Crippen molar-refractivity contribution in [1.29, 1.82) is 0 Å². The molecule has 0 saturated carbocycles. The molecule has 4 N–H and O–H groups in total. The van der Waals surface area contributed by atoms with Crippen molar-refractivity contribution in [2.24, 2.45) is 5.73 Å². The molecule has 0 spiro atoms. The number of nitrogen functional groups attached to an aromatic ring is 1. The van der Waals surface area contributed by atoms with Gasteiger partial charge in [0.05, 0.1) is 0 Å². The first kappa shape index (κ1) is 8.01. The van der Waals surface area contributed by atoms with Crippen molar-refractivity contribution in [2.45, 2.75) is 6.17 Å². The van der Waals surface area contributed by atoms with Crippen LogP contribution in [0.4, 0.5) is 10.1 Å². The molecule has 0 aliphatic rings. The Labute approximate surface area is 65.0 Å². The molecule has 1 aromatic carbocycles. The molecule has 0 heterocycles. The van der Waals surface area contributed by atoms with Gasteiger partial charge in [0.1, 0.15) is 6.17 Å². The van der Waals surface area contributed by atoms with Crippen LogP contribution < -0.4 is 11.5 Å². The van der Waals surface area contributed by atoms with E-state index < -0.39 is 6.17 Å². The van der Waals surface area contributed by atoms with Gasteiger partial charge in [-0.3, -0.25) is 0 Å². The smallest absolute Gasteiger partial charge is 0.137 e. The molecule has 0 bridgehead atoms. The lowest BCUT2D eigenvalue weighted by Gasteiger charge is -2.04. The minimum absolute atomic E-state index is 0.0178. The third-order valence-corrected chi connectivity index (χ3v) is 1.51. The van der Waals surface area contributed by atoms with Crippen molar-refractivity contribution in [3.63, 3.8) is 0 Å². The van der Waals surface area contributed by atoms with E-state index in [0.29, 0.717) is 11.3 Å². The first-order valence-corrected chi connectivity index (χ1v) is 3.43. The molecule has 0 radical (unpaired) electrons. The Hall–Kier alpha value is -1.09. The maximum absolute atomic E-state index is 12.8. The minimum atomic E-state index is -1.07. The summed E-state index contributed by atoms with van der Waals surface area (Å²) >= 11 is 0. The van der Waals surface area contributed by atoms with Crippen LogP contribution in [0.15, 0.2) is 24.3 Å². The lowest BCUT2D eigenvalue weighted by Crippen LogP contribution is -2.07. The molecule has 0 aromatic heterocycles. The maximum Gasteiger partial charge on any atom is 0.137 e. The summed E-state index contributed by atoms with van der Waals surface area (Å²) in [6.07, 6.45) is -1.07. The van der Waals surface area contributed by atoms with Crippen LogP contribution in [0, 0.1) is 0 Å².